The zero-order chi connectivity index (χ0) is 13.0. The van der Waals surface area contributed by atoms with Crippen LogP contribution in [0.15, 0.2) is 29.0 Å². The van der Waals surface area contributed by atoms with Crippen LogP contribution in [0.5, 0.6) is 0 Å². The zero-order valence-electron chi connectivity index (χ0n) is 10.9. The molecule has 0 saturated heterocycles. The van der Waals surface area contributed by atoms with Gasteiger partial charge in [-0.3, -0.25) is 4.98 Å². The van der Waals surface area contributed by atoms with Crippen LogP contribution in [-0.4, -0.2) is 28.2 Å². The fourth-order valence-electron chi connectivity index (χ4n) is 1.95. The van der Waals surface area contributed by atoms with Crippen LogP contribution in [0.4, 0.5) is 0 Å². The summed E-state index contributed by atoms with van der Waals surface area (Å²) in [5.41, 5.74) is 0.923. The van der Waals surface area contributed by atoms with Crippen LogP contribution < -0.4 is 5.32 Å². The molecule has 5 nitrogen and oxygen atoms in total. The lowest BCUT2D eigenvalue weighted by atomic mass is 9.98. The summed E-state index contributed by atoms with van der Waals surface area (Å²) in [7, 11) is 1.94. The summed E-state index contributed by atoms with van der Waals surface area (Å²) < 4.78 is 5.37. The lowest BCUT2D eigenvalue weighted by molar-refractivity contribution is 0.322. The molecule has 2 aromatic rings. The van der Waals surface area contributed by atoms with Gasteiger partial charge in [0.15, 0.2) is 0 Å². The largest absolute Gasteiger partial charge is 0.339 e. The van der Waals surface area contributed by atoms with E-state index in [0.717, 1.165) is 12.0 Å². The summed E-state index contributed by atoms with van der Waals surface area (Å²) in [6, 6.07) is 4.05. The van der Waals surface area contributed by atoms with Crippen molar-refractivity contribution in [2.75, 3.05) is 7.05 Å². The molecular formula is C13H18N4O. The molecule has 0 aliphatic carbocycles. The number of pyridine rings is 1. The van der Waals surface area contributed by atoms with Gasteiger partial charge in [0.05, 0.1) is 5.92 Å². The third-order valence-corrected chi connectivity index (χ3v) is 3.20. The third kappa shape index (κ3) is 2.56. The first kappa shape index (κ1) is 12.7. The predicted molar refractivity (Wildman–Crippen MR) is 69.1 cm³/mol. The van der Waals surface area contributed by atoms with Crippen LogP contribution >= 0.6 is 0 Å². The Bertz CT molecular complexity index is 483. The molecule has 2 atom stereocenters. The number of hydrogen-bond acceptors (Lipinski definition) is 5. The molecule has 0 radical (unpaired) electrons. The third-order valence-electron chi connectivity index (χ3n) is 3.20. The maximum absolute atomic E-state index is 5.37. The smallest absolute Gasteiger partial charge is 0.231 e. The molecule has 96 valence electrons. The highest BCUT2D eigenvalue weighted by atomic mass is 16.5. The number of hydrogen-bond donors (Lipinski definition) is 1. The molecule has 2 rings (SSSR count). The first-order valence-electron chi connectivity index (χ1n) is 6.17. The summed E-state index contributed by atoms with van der Waals surface area (Å²) >= 11 is 0. The van der Waals surface area contributed by atoms with Crippen molar-refractivity contribution in [2.24, 2.45) is 0 Å². The average Bonchev–Trinajstić information content (AvgIpc) is 2.90. The minimum Gasteiger partial charge on any atom is -0.339 e. The van der Waals surface area contributed by atoms with E-state index in [-0.39, 0.29) is 5.92 Å². The highest BCUT2D eigenvalue weighted by molar-refractivity contribution is 5.52. The lowest BCUT2D eigenvalue weighted by Crippen LogP contribution is -2.28. The SMILES string of the molecule is CCC(c1nc(-c2ccncc2)no1)C(C)NC. The van der Waals surface area contributed by atoms with E-state index in [1.807, 2.05) is 19.2 Å². The predicted octanol–water partition coefficient (Wildman–Crippen LogP) is 2.23. The molecule has 5 heteroatoms. The van der Waals surface area contributed by atoms with Crippen molar-refractivity contribution in [3.63, 3.8) is 0 Å². The van der Waals surface area contributed by atoms with Crippen molar-refractivity contribution in [2.45, 2.75) is 32.2 Å². The summed E-state index contributed by atoms with van der Waals surface area (Å²) in [6.45, 7) is 4.24. The van der Waals surface area contributed by atoms with Crippen molar-refractivity contribution < 1.29 is 4.52 Å². The molecule has 2 unspecified atom stereocenters. The molecule has 2 aromatic heterocycles. The molecule has 1 N–H and O–H groups in total. The highest BCUT2D eigenvalue weighted by Gasteiger charge is 2.22. The van der Waals surface area contributed by atoms with Crippen molar-refractivity contribution in [3.05, 3.63) is 30.4 Å². The van der Waals surface area contributed by atoms with E-state index in [2.05, 4.69) is 34.3 Å². The molecule has 2 heterocycles. The first-order chi connectivity index (χ1) is 8.76. The molecule has 18 heavy (non-hydrogen) atoms. The molecule has 0 aromatic carbocycles. The highest BCUT2D eigenvalue weighted by Crippen LogP contribution is 2.24. The molecule has 0 fully saturated rings. The molecule has 0 amide bonds. The monoisotopic (exact) mass is 246 g/mol. The van der Waals surface area contributed by atoms with Crippen molar-refractivity contribution in [1.29, 1.82) is 0 Å². The maximum Gasteiger partial charge on any atom is 0.231 e. The Kier molecular flexibility index (Phi) is 4.04. The van der Waals surface area contributed by atoms with Crippen LogP contribution in [0.2, 0.25) is 0 Å². The van der Waals surface area contributed by atoms with Gasteiger partial charge in [-0.25, -0.2) is 0 Å². The maximum atomic E-state index is 5.37. The van der Waals surface area contributed by atoms with Gasteiger partial charge >= 0.3 is 0 Å². The van der Waals surface area contributed by atoms with Gasteiger partial charge in [-0.15, -0.1) is 0 Å². The molecule has 0 saturated carbocycles. The van der Waals surface area contributed by atoms with E-state index in [9.17, 15) is 0 Å². The van der Waals surface area contributed by atoms with Gasteiger partial charge in [0, 0.05) is 24.0 Å². The zero-order valence-corrected chi connectivity index (χ0v) is 10.9. The second-order valence-corrected chi connectivity index (χ2v) is 4.28. The minimum absolute atomic E-state index is 0.234. The minimum atomic E-state index is 0.234. The van der Waals surface area contributed by atoms with Gasteiger partial charge in [0.1, 0.15) is 0 Å². The Hall–Kier alpha value is -1.75. The number of nitrogens with one attached hydrogen (secondary N) is 1. The van der Waals surface area contributed by atoms with Gasteiger partial charge in [0.25, 0.3) is 0 Å². The summed E-state index contributed by atoms with van der Waals surface area (Å²) in [5, 5.41) is 7.26. The van der Waals surface area contributed by atoms with Crippen molar-refractivity contribution >= 4 is 0 Å². The molecule has 0 bridgehead atoms. The van der Waals surface area contributed by atoms with E-state index in [4.69, 9.17) is 4.52 Å². The first-order valence-corrected chi connectivity index (χ1v) is 6.17. The average molecular weight is 246 g/mol. The van der Waals surface area contributed by atoms with E-state index in [1.54, 1.807) is 12.4 Å². The molecular weight excluding hydrogens is 228 g/mol. The van der Waals surface area contributed by atoms with Crippen molar-refractivity contribution in [1.82, 2.24) is 20.4 Å². The Morgan fingerprint density at radius 2 is 2.06 bits per heavy atom. The second-order valence-electron chi connectivity index (χ2n) is 4.28. The van der Waals surface area contributed by atoms with E-state index < -0.39 is 0 Å². The van der Waals surface area contributed by atoms with Gasteiger partial charge < -0.3 is 9.84 Å². The lowest BCUT2D eigenvalue weighted by Gasteiger charge is -2.17. The number of likely N-dealkylation sites (N-methyl/N-ethyl adjacent to an activating group) is 1. The Morgan fingerprint density at radius 1 is 1.33 bits per heavy atom. The Morgan fingerprint density at radius 3 is 2.67 bits per heavy atom. The summed E-state index contributed by atoms with van der Waals surface area (Å²) in [6.07, 6.45) is 4.40. The van der Waals surface area contributed by atoms with Gasteiger partial charge in [-0.1, -0.05) is 12.1 Å². The summed E-state index contributed by atoms with van der Waals surface area (Å²) in [4.78, 5) is 8.45. The normalized spacial score (nSPS) is 14.4. The van der Waals surface area contributed by atoms with Crippen LogP contribution in [0.25, 0.3) is 11.4 Å². The van der Waals surface area contributed by atoms with Crippen LogP contribution in [0.1, 0.15) is 32.1 Å². The van der Waals surface area contributed by atoms with E-state index in [1.165, 1.54) is 0 Å². The van der Waals surface area contributed by atoms with Crippen LogP contribution in [-0.2, 0) is 0 Å². The van der Waals surface area contributed by atoms with Crippen LogP contribution in [0.3, 0.4) is 0 Å². The quantitative estimate of drug-likeness (QED) is 0.876. The van der Waals surface area contributed by atoms with Crippen molar-refractivity contribution in [3.8, 4) is 11.4 Å². The standard InChI is InChI=1S/C13H18N4O/c1-4-11(9(2)14-3)13-16-12(17-18-13)10-5-7-15-8-6-10/h5-9,11,14H,4H2,1-3H3. The number of nitrogens with zero attached hydrogens (tertiary/aromatic N) is 3. The van der Waals surface area contributed by atoms with Gasteiger partial charge in [-0.2, -0.15) is 4.98 Å². The molecule has 0 aliphatic rings. The molecule has 0 spiro atoms. The van der Waals surface area contributed by atoms with Crippen LogP contribution in [0, 0.1) is 0 Å². The number of aromatic nitrogens is 3. The number of rotatable bonds is 5. The Balaban J connectivity index is 2.25. The fraction of sp³-hybridized carbons (Fsp3) is 0.462. The fourth-order valence-corrected chi connectivity index (χ4v) is 1.95. The van der Waals surface area contributed by atoms with E-state index in [0.29, 0.717) is 17.8 Å². The topological polar surface area (TPSA) is 63.8 Å². The van der Waals surface area contributed by atoms with Gasteiger partial charge in [-0.05, 0) is 32.5 Å². The Labute approximate surface area is 107 Å². The molecule has 0 aliphatic heterocycles. The second kappa shape index (κ2) is 5.73. The summed E-state index contributed by atoms with van der Waals surface area (Å²) in [5.74, 6) is 1.54. The van der Waals surface area contributed by atoms with E-state index >= 15 is 0 Å². The van der Waals surface area contributed by atoms with Gasteiger partial charge in [0.2, 0.25) is 11.7 Å².